The van der Waals surface area contributed by atoms with Gasteiger partial charge in [-0.1, -0.05) is 173 Å². The van der Waals surface area contributed by atoms with Gasteiger partial charge < -0.3 is 14.2 Å². The standard InChI is InChI=1S/C69H87BN2O/c1-41-33-55-58-56(34-41)72(46-24-22-44(23-25-46)62(3,4)5)54-39-52-51(66(13,14)29-30-67(52,15)16)38-53(54)70(58)61-59(57-60(73-61)69(19,20)32-31-68(57,17)18)71(55)40-48-42(2)35-45(63(6,7)8)37-47(48)43-21-26-49-50(36-43)65(11,12)28-27-64(49,9)10/h21-26,33-39H,27-32,40H2,1-20H3. The maximum absolute atomic E-state index is 7.87. The molecule has 0 fully saturated rings. The summed E-state index contributed by atoms with van der Waals surface area (Å²) < 4.78 is 7.87. The van der Waals surface area contributed by atoms with Gasteiger partial charge in [-0.25, -0.2) is 0 Å². The molecule has 3 aliphatic carbocycles. The number of benzene rings is 5. The molecule has 3 nitrogen and oxygen atoms in total. The van der Waals surface area contributed by atoms with E-state index >= 15 is 0 Å². The van der Waals surface area contributed by atoms with Gasteiger partial charge in [-0.05, 0) is 193 Å². The normalized spacial score (nSPS) is 20.4. The molecule has 11 rings (SSSR count). The maximum atomic E-state index is 7.87. The van der Waals surface area contributed by atoms with E-state index < -0.39 is 0 Å². The fourth-order valence-electron chi connectivity index (χ4n) is 14.2. The molecule has 0 N–H and O–H groups in total. The molecule has 2 aliphatic heterocycles. The summed E-state index contributed by atoms with van der Waals surface area (Å²) in [4.78, 5) is 5.42. The van der Waals surface area contributed by atoms with Gasteiger partial charge in [-0.3, -0.25) is 0 Å². The fourth-order valence-corrected chi connectivity index (χ4v) is 14.2. The Morgan fingerprint density at radius 1 is 0.521 bits per heavy atom. The third kappa shape index (κ3) is 7.77. The Labute approximate surface area is 442 Å². The van der Waals surface area contributed by atoms with E-state index in [0.29, 0.717) is 0 Å². The van der Waals surface area contributed by atoms with E-state index in [4.69, 9.17) is 4.42 Å². The summed E-state index contributed by atoms with van der Waals surface area (Å²) in [5.74, 6) is 1.19. The molecule has 3 heterocycles. The average Bonchev–Trinajstić information content (AvgIpc) is 3.72. The number of rotatable bonds is 4. The van der Waals surface area contributed by atoms with Crippen LogP contribution in [0.5, 0.6) is 0 Å². The number of aryl methyl sites for hydroxylation is 2. The van der Waals surface area contributed by atoms with Crippen molar-refractivity contribution in [3.05, 3.63) is 140 Å². The lowest BCUT2D eigenvalue weighted by atomic mass is 9.35. The zero-order valence-electron chi connectivity index (χ0n) is 48.8. The van der Waals surface area contributed by atoms with Gasteiger partial charge in [0.25, 0.3) is 6.71 Å². The monoisotopic (exact) mass is 971 g/mol. The van der Waals surface area contributed by atoms with Gasteiger partial charge in [0.15, 0.2) is 0 Å². The summed E-state index contributed by atoms with van der Waals surface area (Å²) in [5, 5.41) is 0. The topological polar surface area (TPSA) is 19.6 Å². The highest BCUT2D eigenvalue weighted by molar-refractivity contribution is 6.99. The molecule has 5 aromatic carbocycles. The van der Waals surface area contributed by atoms with Crippen molar-refractivity contribution in [3.63, 3.8) is 0 Å². The van der Waals surface area contributed by atoms with Crippen molar-refractivity contribution in [1.29, 1.82) is 0 Å². The predicted molar refractivity (Wildman–Crippen MR) is 315 cm³/mol. The Morgan fingerprint density at radius 2 is 1.05 bits per heavy atom. The lowest BCUT2D eigenvalue weighted by molar-refractivity contribution is 0.282. The van der Waals surface area contributed by atoms with Crippen molar-refractivity contribution < 1.29 is 4.42 Å². The number of furan rings is 1. The zero-order valence-corrected chi connectivity index (χ0v) is 48.8. The smallest absolute Gasteiger partial charge is 0.297 e. The second kappa shape index (κ2) is 15.8. The molecule has 0 spiro atoms. The van der Waals surface area contributed by atoms with E-state index in [1.165, 1.54) is 138 Å². The first-order valence-electron chi connectivity index (χ1n) is 28.2. The molecular weight excluding hydrogens is 884 g/mol. The van der Waals surface area contributed by atoms with Crippen LogP contribution in [-0.2, 0) is 49.9 Å². The number of hydrogen-bond donors (Lipinski definition) is 0. The van der Waals surface area contributed by atoms with Gasteiger partial charge in [-0.2, -0.15) is 0 Å². The van der Waals surface area contributed by atoms with Crippen LogP contribution in [0, 0.1) is 13.8 Å². The number of hydrogen-bond acceptors (Lipinski definition) is 3. The Hall–Kier alpha value is -4.96. The molecule has 73 heavy (non-hydrogen) atoms. The minimum atomic E-state index is -0.113. The van der Waals surface area contributed by atoms with Crippen LogP contribution in [0.3, 0.4) is 0 Å². The van der Waals surface area contributed by atoms with Gasteiger partial charge in [0, 0.05) is 40.3 Å². The highest BCUT2D eigenvalue weighted by Gasteiger charge is 2.53. The second-order valence-electron chi connectivity index (χ2n) is 30.0. The summed E-state index contributed by atoms with van der Waals surface area (Å²) >= 11 is 0. The summed E-state index contributed by atoms with van der Waals surface area (Å²) in [6.45, 7) is 49.1. The summed E-state index contributed by atoms with van der Waals surface area (Å²) in [6, 6.07) is 32.5. The number of nitrogens with zero attached hydrogens (tertiary/aromatic N) is 2. The fraction of sp³-hybridized carbons (Fsp3) is 0.507. The lowest BCUT2D eigenvalue weighted by Crippen LogP contribution is -2.62. The Bertz CT molecular complexity index is 3260. The Kier molecular flexibility index (Phi) is 10.9. The molecular formula is C69H87BN2O. The molecule has 0 saturated heterocycles. The van der Waals surface area contributed by atoms with E-state index in [-0.39, 0.29) is 50.0 Å². The molecule has 0 unspecified atom stereocenters. The maximum Gasteiger partial charge on any atom is 0.297 e. The van der Waals surface area contributed by atoms with E-state index in [1.807, 2.05) is 0 Å². The minimum Gasteiger partial charge on any atom is -0.472 e. The summed E-state index contributed by atoms with van der Waals surface area (Å²) in [6.07, 6.45) is 6.94. The predicted octanol–water partition coefficient (Wildman–Crippen LogP) is 17.2. The quantitative estimate of drug-likeness (QED) is 0.164. The highest BCUT2D eigenvalue weighted by Crippen LogP contribution is 2.56. The van der Waals surface area contributed by atoms with Crippen molar-refractivity contribution in [2.45, 2.75) is 227 Å². The summed E-state index contributed by atoms with van der Waals surface area (Å²) in [5.41, 5.74) is 27.3. The van der Waals surface area contributed by atoms with E-state index in [2.05, 4.69) is 227 Å². The van der Waals surface area contributed by atoms with Crippen LogP contribution in [0.15, 0.2) is 83.3 Å². The van der Waals surface area contributed by atoms with Gasteiger partial charge in [0.1, 0.15) is 5.76 Å². The molecule has 4 heteroatoms. The molecule has 382 valence electrons. The van der Waals surface area contributed by atoms with Gasteiger partial charge in [0.05, 0.1) is 11.3 Å². The third-order valence-electron chi connectivity index (χ3n) is 19.6. The van der Waals surface area contributed by atoms with Crippen molar-refractivity contribution in [1.82, 2.24) is 0 Å². The van der Waals surface area contributed by atoms with Crippen LogP contribution in [0.25, 0.3) is 11.1 Å². The van der Waals surface area contributed by atoms with Gasteiger partial charge >= 0.3 is 0 Å². The molecule has 6 aromatic rings. The van der Waals surface area contributed by atoms with Crippen LogP contribution in [0.2, 0.25) is 0 Å². The molecule has 5 aliphatic rings. The van der Waals surface area contributed by atoms with Crippen molar-refractivity contribution in [2.75, 3.05) is 9.80 Å². The van der Waals surface area contributed by atoms with Crippen molar-refractivity contribution >= 4 is 51.7 Å². The van der Waals surface area contributed by atoms with Gasteiger partial charge in [-0.15, -0.1) is 0 Å². The van der Waals surface area contributed by atoms with Crippen LogP contribution in [-0.4, -0.2) is 6.71 Å². The SMILES string of the molecule is Cc1cc2c3c(c1)N(c1ccc(C(C)(C)C)cc1)c1cc4c(cc1B3c1oc3c(c1N2Cc1c(C)cc(C(C)(C)C)cc1-c1ccc2c(c1)C(C)(C)CCC2(C)C)C(C)(C)CCC3(C)C)C(C)(C)CCC4(C)C. The minimum absolute atomic E-state index is 0.0151. The average molecular weight is 971 g/mol. The molecule has 1 aromatic heterocycles. The van der Waals surface area contributed by atoms with Gasteiger partial charge in [0.2, 0.25) is 0 Å². The first-order chi connectivity index (χ1) is 33.7. The van der Waals surface area contributed by atoms with Crippen LogP contribution in [0.1, 0.15) is 225 Å². The van der Waals surface area contributed by atoms with E-state index in [9.17, 15) is 0 Å². The van der Waals surface area contributed by atoms with Crippen LogP contribution < -0.4 is 26.4 Å². The van der Waals surface area contributed by atoms with Crippen molar-refractivity contribution in [3.8, 4) is 11.1 Å². The van der Waals surface area contributed by atoms with E-state index in [1.54, 1.807) is 0 Å². The first-order valence-corrected chi connectivity index (χ1v) is 28.2. The summed E-state index contributed by atoms with van der Waals surface area (Å²) in [7, 11) is 0. The zero-order chi connectivity index (χ0) is 52.7. The first kappa shape index (κ1) is 50.2. The molecule has 0 bridgehead atoms. The van der Waals surface area contributed by atoms with Crippen molar-refractivity contribution in [2.24, 2.45) is 0 Å². The molecule has 0 amide bonds. The molecule has 0 saturated carbocycles. The Balaban J connectivity index is 1.23. The van der Waals surface area contributed by atoms with Crippen LogP contribution in [0.4, 0.5) is 28.4 Å². The lowest BCUT2D eigenvalue weighted by Gasteiger charge is -2.47. The second-order valence-corrected chi connectivity index (χ2v) is 30.0. The number of anilines is 5. The Morgan fingerprint density at radius 3 is 1.66 bits per heavy atom. The third-order valence-corrected chi connectivity index (χ3v) is 19.6. The van der Waals surface area contributed by atoms with E-state index in [0.717, 1.165) is 25.0 Å². The largest absolute Gasteiger partial charge is 0.472 e. The van der Waals surface area contributed by atoms with Crippen LogP contribution >= 0.6 is 0 Å². The molecule has 0 radical (unpaired) electrons. The highest BCUT2D eigenvalue weighted by atomic mass is 16.3. The molecule has 0 atom stereocenters. The number of fused-ring (bicyclic) bond motifs is 8.